The molecule has 4 aromatic rings. The van der Waals surface area contributed by atoms with E-state index in [1.54, 1.807) is 23.6 Å². The van der Waals surface area contributed by atoms with Crippen molar-refractivity contribution in [2.75, 3.05) is 4.90 Å². The molecular weight excluding hydrogens is 394 g/mol. The number of imidazole rings is 1. The summed E-state index contributed by atoms with van der Waals surface area (Å²) in [5.41, 5.74) is 4.54. The number of amidine groups is 1. The van der Waals surface area contributed by atoms with Gasteiger partial charge in [-0.1, -0.05) is 30.3 Å². The van der Waals surface area contributed by atoms with Gasteiger partial charge in [-0.15, -0.1) is 0 Å². The summed E-state index contributed by atoms with van der Waals surface area (Å²) < 4.78 is 0. The molecule has 3 heterocycles. The van der Waals surface area contributed by atoms with Gasteiger partial charge in [-0.25, -0.2) is 4.98 Å². The summed E-state index contributed by atoms with van der Waals surface area (Å²) in [7, 11) is 0. The van der Waals surface area contributed by atoms with Crippen molar-refractivity contribution in [2.45, 2.75) is 6.54 Å². The Kier molecular flexibility index (Phi) is 4.86. The first-order chi connectivity index (χ1) is 14.8. The lowest BCUT2D eigenvalue weighted by Crippen LogP contribution is -2.28. The molecule has 0 saturated carbocycles. The van der Waals surface area contributed by atoms with Gasteiger partial charge < -0.3 is 4.98 Å². The molecule has 1 aliphatic heterocycles. The maximum absolute atomic E-state index is 13.3. The van der Waals surface area contributed by atoms with Crippen LogP contribution in [-0.4, -0.2) is 26.0 Å². The highest BCUT2D eigenvalue weighted by atomic mass is 32.2. The quantitative estimate of drug-likeness (QED) is 0.497. The van der Waals surface area contributed by atoms with Crippen LogP contribution in [0, 0.1) is 0 Å². The molecule has 0 bridgehead atoms. The smallest absolute Gasteiger partial charge is 0.271 e. The molecule has 0 radical (unpaired) electrons. The number of H-pyrrole nitrogens is 1. The third kappa shape index (κ3) is 3.62. The van der Waals surface area contributed by atoms with Gasteiger partial charge >= 0.3 is 0 Å². The van der Waals surface area contributed by atoms with Crippen LogP contribution in [-0.2, 0) is 11.3 Å². The molecule has 5 rings (SSSR count). The summed E-state index contributed by atoms with van der Waals surface area (Å²) in [6.45, 7) is 0.458. The van der Waals surface area contributed by atoms with Gasteiger partial charge in [-0.05, 0) is 59.3 Å². The average molecular weight is 411 g/mol. The Morgan fingerprint density at radius 3 is 2.83 bits per heavy atom. The van der Waals surface area contributed by atoms with Crippen LogP contribution < -0.4 is 4.90 Å². The topological polar surface area (TPSA) is 74.2 Å². The second-order valence-corrected chi connectivity index (χ2v) is 7.74. The molecule has 1 fully saturated rings. The van der Waals surface area contributed by atoms with Crippen molar-refractivity contribution < 1.29 is 4.79 Å². The van der Waals surface area contributed by atoms with Crippen LogP contribution in [0.25, 0.3) is 17.1 Å². The fraction of sp³-hybridized carbons (Fsp3) is 0.0435. The molecule has 0 unspecified atom stereocenters. The standard InChI is InChI=1S/C23H17N5OS/c29-22-21(12-16-8-9-19-20(11-16)27-15-26-19)30-23(25-14-17-5-4-10-24-13-17)28(22)18-6-2-1-3-7-18/h1-13,15H,14H2,(H,26,27)/b21-12-,25-23-. The zero-order valence-electron chi connectivity index (χ0n) is 15.9. The highest BCUT2D eigenvalue weighted by Gasteiger charge is 2.34. The monoisotopic (exact) mass is 411 g/mol. The molecule has 0 atom stereocenters. The Labute approximate surface area is 177 Å². The van der Waals surface area contributed by atoms with E-state index in [9.17, 15) is 4.79 Å². The molecule has 0 spiro atoms. The number of rotatable bonds is 4. The number of benzene rings is 2. The first-order valence-corrected chi connectivity index (χ1v) is 10.3. The van der Waals surface area contributed by atoms with Gasteiger partial charge in [-0.3, -0.25) is 19.7 Å². The lowest BCUT2D eigenvalue weighted by molar-refractivity contribution is -0.113. The van der Waals surface area contributed by atoms with E-state index in [0.29, 0.717) is 16.6 Å². The molecular formula is C23H17N5OS. The van der Waals surface area contributed by atoms with Crippen LogP contribution in [0.1, 0.15) is 11.1 Å². The Balaban J connectivity index is 1.51. The number of carbonyl (C=O) groups excluding carboxylic acids is 1. The van der Waals surface area contributed by atoms with Gasteiger partial charge in [0.2, 0.25) is 0 Å². The normalized spacial score (nSPS) is 16.8. The second-order valence-electron chi connectivity index (χ2n) is 6.73. The number of anilines is 1. The molecule has 2 aromatic heterocycles. The fourth-order valence-corrected chi connectivity index (χ4v) is 4.20. The summed E-state index contributed by atoms with van der Waals surface area (Å²) >= 11 is 1.38. The van der Waals surface area contributed by atoms with Crippen LogP contribution in [0.5, 0.6) is 0 Å². The summed E-state index contributed by atoms with van der Waals surface area (Å²) in [4.78, 5) is 31.8. The number of pyridine rings is 1. The molecule has 1 aliphatic rings. The third-order valence-electron chi connectivity index (χ3n) is 4.68. The Bertz CT molecular complexity index is 1260. The first kappa shape index (κ1) is 18.3. The predicted molar refractivity (Wildman–Crippen MR) is 121 cm³/mol. The van der Waals surface area contributed by atoms with Crippen LogP contribution in [0.15, 0.2) is 89.3 Å². The summed E-state index contributed by atoms with van der Waals surface area (Å²) in [6, 6.07) is 19.3. The van der Waals surface area contributed by atoms with E-state index >= 15 is 0 Å². The molecule has 146 valence electrons. The van der Waals surface area contributed by atoms with Gasteiger partial charge in [0, 0.05) is 12.4 Å². The number of nitrogens with one attached hydrogen (secondary N) is 1. The maximum atomic E-state index is 13.3. The summed E-state index contributed by atoms with van der Waals surface area (Å²) in [5, 5.41) is 0.655. The molecule has 1 N–H and O–H groups in total. The number of aromatic amines is 1. The summed E-state index contributed by atoms with van der Waals surface area (Å²) in [6.07, 6.45) is 7.08. The number of aromatic nitrogens is 3. The Hall–Kier alpha value is -3.71. The highest BCUT2D eigenvalue weighted by Crippen LogP contribution is 2.36. The van der Waals surface area contributed by atoms with E-state index in [1.807, 2.05) is 66.7 Å². The van der Waals surface area contributed by atoms with E-state index in [0.717, 1.165) is 27.8 Å². The van der Waals surface area contributed by atoms with Crippen LogP contribution in [0.4, 0.5) is 5.69 Å². The lowest BCUT2D eigenvalue weighted by atomic mass is 10.2. The number of amides is 1. The van der Waals surface area contributed by atoms with Crippen molar-refractivity contribution in [3.8, 4) is 0 Å². The van der Waals surface area contributed by atoms with Crippen molar-refractivity contribution in [1.29, 1.82) is 0 Å². The molecule has 1 amide bonds. The molecule has 7 heteroatoms. The minimum atomic E-state index is -0.0849. The van der Waals surface area contributed by atoms with Crippen LogP contribution >= 0.6 is 11.8 Å². The van der Waals surface area contributed by atoms with Crippen molar-refractivity contribution in [3.05, 3.63) is 95.4 Å². The number of thioether (sulfide) groups is 1. The van der Waals surface area contributed by atoms with E-state index in [-0.39, 0.29) is 5.91 Å². The first-order valence-electron chi connectivity index (χ1n) is 9.43. The van der Waals surface area contributed by atoms with Gasteiger partial charge in [0.15, 0.2) is 5.17 Å². The number of fused-ring (bicyclic) bond motifs is 1. The van der Waals surface area contributed by atoms with Gasteiger partial charge in [-0.2, -0.15) is 0 Å². The van der Waals surface area contributed by atoms with Crippen LogP contribution in [0.2, 0.25) is 0 Å². The number of hydrogen-bond acceptors (Lipinski definition) is 5. The van der Waals surface area contributed by atoms with Gasteiger partial charge in [0.1, 0.15) is 0 Å². The largest absolute Gasteiger partial charge is 0.345 e. The lowest BCUT2D eigenvalue weighted by Gasteiger charge is -2.15. The van der Waals surface area contributed by atoms with Gasteiger partial charge in [0.05, 0.1) is 34.5 Å². The minimum absolute atomic E-state index is 0.0849. The van der Waals surface area contributed by atoms with Crippen molar-refractivity contribution in [3.63, 3.8) is 0 Å². The Morgan fingerprint density at radius 2 is 2.00 bits per heavy atom. The fourth-order valence-electron chi connectivity index (χ4n) is 3.22. The van der Waals surface area contributed by atoms with E-state index in [2.05, 4.69) is 15.0 Å². The second kappa shape index (κ2) is 7.96. The zero-order valence-corrected chi connectivity index (χ0v) is 16.7. The summed E-state index contributed by atoms with van der Waals surface area (Å²) in [5.74, 6) is -0.0849. The Morgan fingerprint density at radius 1 is 1.10 bits per heavy atom. The molecule has 2 aromatic carbocycles. The number of hydrogen-bond donors (Lipinski definition) is 1. The SMILES string of the molecule is O=C1/C(=C/c2ccc3[nH]cnc3c2)S/C(=N\Cc2cccnc2)N1c1ccccc1. The molecule has 1 saturated heterocycles. The zero-order chi connectivity index (χ0) is 20.3. The molecule has 30 heavy (non-hydrogen) atoms. The van der Waals surface area contributed by atoms with Crippen molar-refractivity contribution in [2.24, 2.45) is 4.99 Å². The number of para-hydroxylation sites is 1. The minimum Gasteiger partial charge on any atom is -0.345 e. The highest BCUT2D eigenvalue weighted by molar-refractivity contribution is 8.19. The van der Waals surface area contributed by atoms with Crippen LogP contribution in [0.3, 0.4) is 0 Å². The number of carbonyl (C=O) groups is 1. The number of nitrogens with zero attached hydrogens (tertiary/aromatic N) is 4. The molecule has 6 nitrogen and oxygen atoms in total. The van der Waals surface area contributed by atoms with E-state index in [1.165, 1.54) is 11.8 Å². The van der Waals surface area contributed by atoms with Crippen molar-refractivity contribution in [1.82, 2.24) is 15.0 Å². The molecule has 0 aliphatic carbocycles. The maximum Gasteiger partial charge on any atom is 0.271 e. The van der Waals surface area contributed by atoms with Gasteiger partial charge in [0.25, 0.3) is 5.91 Å². The van der Waals surface area contributed by atoms with E-state index < -0.39 is 0 Å². The van der Waals surface area contributed by atoms with Crippen molar-refractivity contribution >= 4 is 45.6 Å². The van der Waals surface area contributed by atoms with E-state index in [4.69, 9.17) is 4.99 Å². The predicted octanol–water partition coefficient (Wildman–Crippen LogP) is 4.64. The average Bonchev–Trinajstić information content (AvgIpc) is 3.38. The third-order valence-corrected chi connectivity index (χ3v) is 5.69. The number of aliphatic imine (C=N–C) groups is 1.